The smallest absolute Gasteiger partial charge is 0.141 e. The molecule has 3 nitrogen and oxygen atoms in total. The Morgan fingerprint density at radius 3 is 2.71 bits per heavy atom. The van der Waals surface area contributed by atoms with Gasteiger partial charge in [-0.25, -0.2) is 4.98 Å². The molecule has 1 aromatic carbocycles. The molecule has 0 bridgehead atoms. The molecule has 1 N–H and O–H groups in total. The van der Waals surface area contributed by atoms with Gasteiger partial charge in [-0.3, -0.25) is 0 Å². The van der Waals surface area contributed by atoms with E-state index in [0.717, 1.165) is 28.6 Å². The van der Waals surface area contributed by atoms with Crippen LogP contribution in [-0.4, -0.2) is 16.6 Å². The van der Waals surface area contributed by atoms with Gasteiger partial charge >= 0.3 is 0 Å². The molecule has 1 heterocycles. The van der Waals surface area contributed by atoms with Gasteiger partial charge in [0.25, 0.3) is 0 Å². The van der Waals surface area contributed by atoms with Crippen molar-refractivity contribution in [3.05, 3.63) is 40.7 Å². The van der Waals surface area contributed by atoms with E-state index in [1.165, 1.54) is 5.69 Å². The molecule has 0 amide bonds. The van der Waals surface area contributed by atoms with Crippen molar-refractivity contribution in [2.24, 2.45) is 7.05 Å². The predicted molar refractivity (Wildman–Crippen MR) is 71.2 cm³/mol. The summed E-state index contributed by atoms with van der Waals surface area (Å²) in [4.78, 5) is 4.60. The number of hydrogen-bond donors (Lipinski definition) is 1. The summed E-state index contributed by atoms with van der Waals surface area (Å²) in [5, 5.41) is 3.88. The third-order valence-corrected chi connectivity index (χ3v) is 3.20. The maximum absolute atomic E-state index is 6.20. The van der Waals surface area contributed by atoms with Crippen molar-refractivity contribution in [3.8, 4) is 11.4 Å². The first-order valence-electron chi connectivity index (χ1n) is 5.57. The third-order valence-electron chi connectivity index (χ3n) is 2.87. The highest BCUT2D eigenvalue weighted by Gasteiger charge is 2.14. The van der Waals surface area contributed by atoms with Gasteiger partial charge in [-0.05, 0) is 26.1 Å². The van der Waals surface area contributed by atoms with Gasteiger partial charge in [0.05, 0.1) is 16.4 Å². The van der Waals surface area contributed by atoms with Gasteiger partial charge in [-0.15, -0.1) is 0 Å². The van der Waals surface area contributed by atoms with Crippen molar-refractivity contribution >= 4 is 11.6 Å². The Labute approximate surface area is 106 Å². The SMILES string of the molecule is CNCc1c(C)nc(-c2ccccc2Cl)n1C. The molecule has 0 aliphatic carbocycles. The van der Waals surface area contributed by atoms with E-state index in [1.807, 2.05) is 45.3 Å². The minimum absolute atomic E-state index is 0.733. The number of aromatic nitrogens is 2. The Morgan fingerprint density at radius 2 is 2.06 bits per heavy atom. The van der Waals surface area contributed by atoms with Crippen molar-refractivity contribution in [1.29, 1.82) is 0 Å². The van der Waals surface area contributed by atoms with Crippen LogP contribution in [0.25, 0.3) is 11.4 Å². The molecule has 0 aliphatic rings. The number of benzene rings is 1. The quantitative estimate of drug-likeness (QED) is 0.907. The summed E-state index contributed by atoms with van der Waals surface area (Å²) in [7, 11) is 3.95. The molecule has 4 heteroatoms. The van der Waals surface area contributed by atoms with Crippen molar-refractivity contribution in [2.75, 3.05) is 7.05 Å². The molecule has 17 heavy (non-hydrogen) atoms. The number of aryl methyl sites for hydroxylation is 1. The van der Waals surface area contributed by atoms with Crippen LogP contribution in [0.4, 0.5) is 0 Å². The van der Waals surface area contributed by atoms with Crippen molar-refractivity contribution < 1.29 is 0 Å². The summed E-state index contributed by atoms with van der Waals surface area (Å²) in [6.45, 7) is 2.83. The Hall–Kier alpha value is -1.32. The summed E-state index contributed by atoms with van der Waals surface area (Å²) in [5.74, 6) is 0.915. The first kappa shape index (κ1) is 12.1. The number of rotatable bonds is 3. The Kier molecular flexibility index (Phi) is 3.50. The van der Waals surface area contributed by atoms with Gasteiger partial charge < -0.3 is 9.88 Å². The second-order valence-electron chi connectivity index (χ2n) is 4.04. The largest absolute Gasteiger partial charge is 0.330 e. The van der Waals surface area contributed by atoms with E-state index in [0.29, 0.717) is 0 Å². The van der Waals surface area contributed by atoms with E-state index in [4.69, 9.17) is 11.6 Å². The van der Waals surface area contributed by atoms with Gasteiger partial charge in [0.1, 0.15) is 5.82 Å². The monoisotopic (exact) mass is 249 g/mol. The zero-order valence-corrected chi connectivity index (χ0v) is 11.0. The molecule has 0 fully saturated rings. The highest BCUT2D eigenvalue weighted by molar-refractivity contribution is 6.33. The van der Waals surface area contributed by atoms with Crippen LogP contribution in [0.15, 0.2) is 24.3 Å². The topological polar surface area (TPSA) is 29.9 Å². The molecule has 90 valence electrons. The molecule has 2 rings (SSSR count). The lowest BCUT2D eigenvalue weighted by Crippen LogP contribution is -2.10. The van der Waals surface area contributed by atoms with Crippen LogP contribution in [-0.2, 0) is 13.6 Å². The van der Waals surface area contributed by atoms with E-state index in [-0.39, 0.29) is 0 Å². The Morgan fingerprint density at radius 1 is 1.35 bits per heavy atom. The number of nitrogens with zero attached hydrogens (tertiary/aromatic N) is 2. The average Bonchev–Trinajstić information content (AvgIpc) is 2.58. The first-order chi connectivity index (χ1) is 8.15. The number of imidazole rings is 1. The molecule has 0 spiro atoms. The van der Waals surface area contributed by atoms with Crippen LogP contribution in [0, 0.1) is 6.92 Å². The third kappa shape index (κ3) is 2.21. The van der Waals surface area contributed by atoms with Gasteiger partial charge in [0.2, 0.25) is 0 Å². The summed E-state index contributed by atoms with van der Waals surface area (Å²) < 4.78 is 2.09. The summed E-state index contributed by atoms with van der Waals surface area (Å²) in [6.07, 6.45) is 0. The Balaban J connectivity index is 2.54. The lowest BCUT2D eigenvalue weighted by molar-refractivity contribution is 0.732. The molecule has 0 radical (unpaired) electrons. The molecule has 0 aliphatic heterocycles. The fourth-order valence-electron chi connectivity index (χ4n) is 1.97. The van der Waals surface area contributed by atoms with E-state index in [9.17, 15) is 0 Å². The van der Waals surface area contributed by atoms with Crippen molar-refractivity contribution in [1.82, 2.24) is 14.9 Å². The van der Waals surface area contributed by atoms with Gasteiger partial charge in [0, 0.05) is 19.2 Å². The van der Waals surface area contributed by atoms with E-state index in [1.54, 1.807) is 0 Å². The molecule has 1 aromatic heterocycles. The standard InChI is InChI=1S/C13H16ClN3/c1-9-12(8-15-2)17(3)13(16-9)10-6-4-5-7-11(10)14/h4-7,15H,8H2,1-3H3. The summed E-state index contributed by atoms with van der Waals surface area (Å²) in [6, 6.07) is 7.78. The lowest BCUT2D eigenvalue weighted by Gasteiger charge is -2.07. The van der Waals surface area contributed by atoms with Crippen LogP contribution in [0.3, 0.4) is 0 Å². The zero-order chi connectivity index (χ0) is 12.4. The molecule has 0 atom stereocenters. The molecule has 2 aromatic rings. The van der Waals surface area contributed by atoms with E-state index >= 15 is 0 Å². The van der Waals surface area contributed by atoms with Gasteiger partial charge in [-0.2, -0.15) is 0 Å². The second-order valence-corrected chi connectivity index (χ2v) is 4.44. The maximum Gasteiger partial charge on any atom is 0.141 e. The number of nitrogens with one attached hydrogen (secondary N) is 1. The fraction of sp³-hybridized carbons (Fsp3) is 0.308. The van der Waals surface area contributed by atoms with Crippen LogP contribution in [0.5, 0.6) is 0 Å². The van der Waals surface area contributed by atoms with Crippen LogP contribution in [0.2, 0.25) is 5.02 Å². The first-order valence-corrected chi connectivity index (χ1v) is 5.94. The summed E-state index contributed by atoms with van der Waals surface area (Å²) >= 11 is 6.20. The molecule has 0 saturated carbocycles. The molecule has 0 unspecified atom stereocenters. The van der Waals surface area contributed by atoms with Gasteiger partial charge in [-0.1, -0.05) is 23.7 Å². The van der Waals surface area contributed by atoms with Crippen LogP contribution < -0.4 is 5.32 Å². The van der Waals surface area contributed by atoms with E-state index < -0.39 is 0 Å². The Bertz CT molecular complexity index is 531. The summed E-state index contributed by atoms with van der Waals surface area (Å²) in [5.41, 5.74) is 3.20. The minimum Gasteiger partial charge on any atom is -0.330 e. The molecular weight excluding hydrogens is 234 g/mol. The molecular formula is C13H16ClN3. The predicted octanol–water partition coefficient (Wildman–Crippen LogP) is 2.77. The van der Waals surface area contributed by atoms with Crippen LogP contribution >= 0.6 is 11.6 Å². The normalized spacial score (nSPS) is 10.8. The maximum atomic E-state index is 6.20. The van der Waals surface area contributed by atoms with E-state index in [2.05, 4.69) is 14.9 Å². The van der Waals surface area contributed by atoms with Crippen molar-refractivity contribution in [2.45, 2.75) is 13.5 Å². The average molecular weight is 250 g/mol. The highest BCUT2D eigenvalue weighted by Crippen LogP contribution is 2.27. The number of halogens is 1. The van der Waals surface area contributed by atoms with Crippen molar-refractivity contribution in [3.63, 3.8) is 0 Å². The lowest BCUT2D eigenvalue weighted by atomic mass is 10.2. The van der Waals surface area contributed by atoms with Crippen LogP contribution in [0.1, 0.15) is 11.4 Å². The minimum atomic E-state index is 0.733. The number of hydrogen-bond acceptors (Lipinski definition) is 2. The van der Waals surface area contributed by atoms with Gasteiger partial charge in [0.15, 0.2) is 0 Å². The fourth-order valence-corrected chi connectivity index (χ4v) is 2.19. The molecule has 0 saturated heterocycles. The zero-order valence-electron chi connectivity index (χ0n) is 10.3. The highest BCUT2D eigenvalue weighted by atomic mass is 35.5. The second kappa shape index (κ2) is 4.90.